The van der Waals surface area contributed by atoms with Gasteiger partial charge >= 0.3 is 0 Å². The molecular formula is C18H20FNO5S2. The molecule has 0 amide bonds. The molecule has 0 aliphatic carbocycles. The van der Waals surface area contributed by atoms with Crippen LogP contribution in [0, 0.1) is 12.7 Å². The van der Waals surface area contributed by atoms with Crippen LogP contribution in [0.15, 0.2) is 53.4 Å². The summed E-state index contributed by atoms with van der Waals surface area (Å²) in [6.07, 6.45) is 0.643. The first-order valence-electron chi connectivity index (χ1n) is 8.39. The van der Waals surface area contributed by atoms with Gasteiger partial charge in [0, 0.05) is 6.04 Å². The summed E-state index contributed by atoms with van der Waals surface area (Å²) >= 11 is 0. The highest BCUT2D eigenvalue weighted by atomic mass is 32.2. The molecule has 2 aromatic carbocycles. The Morgan fingerprint density at radius 1 is 1.00 bits per heavy atom. The van der Waals surface area contributed by atoms with Crippen molar-refractivity contribution in [1.29, 1.82) is 0 Å². The smallest absolute Gasteiger partial charge is 0.266 e. The largest absolute Gasteiger partial charge is 0.285 e. The van der Waals surface area contributed by atoms with E-state index in [1.165, 1.54) is 36.4 Å². The van der Waals surface area contributed by atoms with Crippen molar-refractivity contribution >= 4 is 20.1 Å². The van der Waals surface area contributed by atoms with Crippen LogP contribution in [0.1, 0.15) is 30.0 Å². The Labute approximate surface area is 158 Å². The molecule has 0 bridgehead atoms. The quantitative estimate of drug-likeness (QED) is 0.761. The number of nitrogens with zero attached hydrogens (tertiary/aromatic N) is 1. The van der Waals surface area contributed by atoms with Gasteiger partial charge in [0.1, 0.15) is 5.82 Å². The summed E-state index contributed by atoms with van der Waals surface area (Å²) in [5.41, 5.74) is 1.46. The van der Waals surface area contributed by atoms with E-state index < -0.39 is 43.8 Å². The van der Waals surface area contributed by atoms with E-state index in [1.54, 1.807) is 12.1 Å². The van der Waals surface area contributed by atoms with E-state index in [9.17, 15) is 25.8 Å². The highest BCUT2D eigenvalue weighted by Crippen LogP contribution is 2.41. The van der Waals surface area contributed by atoms with Gasteiger partial charge in [-0.15, -0.1) is 0 Å². The van der Waals surface area contributed by atoms with Crippen molar-refractivity contribution in [3.8, 4) is 0 Å². The van der Waals surface area contributed by atoms with Crippen LogP contribution in [0.5, 0.6) is 0 Å². The fourth-order valence-corrected chi connectivity index (χ4v) is 6.22. The number of hydrogen-bond donors (Lipinski definition) is 1. The first kappa shape index (κ1) is 19.9. The summed E-state index contributed by atoms with van der Waals surface area (Å²) in [7, 11) is -8.39. The van der Waals surface area contributed by atoms with Gasteiger partial charge in [0.25, 0.3) is 10.1 Å². The minimum Gasteiger partial charge on any atom is -0.285 e. The predicted molar refractivity (Wildman–Crippen MR) is 98.8 cm³/mol. The Morgan fingerprint density at radius 3 is 2.15 bits per heavy atom. The van der Waals surface area contributed by atoms with Crippen LogP contribution in [0.3, 0.4) is 0 Å². The molecule has 9 heteroatoms. The summed E-state index contributed by atoms with van der Waals surface area (Å²) in [5, 5.41) is 0. The molecule has 2 atom stereocenters. The average molecular weight is 413 g/mol. The van der Waals surface area contributed by atoms with Gasteiger partial charge < -0.3 is 0 Å². The van der Waals surface area contributed by atoms with Crippen molar-refractivity contribution in [3.63, 3.8) is 0 Å². The Morgan fingerprint density at radius 2 is 1.59 bits per heavy atom. The van der Waals surface area contributed by atoms with Crippen LogP contribution in [0.2, 0.25) is 0 Å². The minimum absolute atomic E-state index is 0.0439. The van der Waals surface area contributed by atoms with Gasteiger partial charge in [0.05, 0.1) is 16.7 Å². The molecule has 3 rings (SSSR count). The van der Waals surface area contributed by atoms with Crippen LogP contribution in [-0.2, 0) is 20.1 Å². The molecule has 1 aliphatic heterocycles. The third kappa shape index (κ3) is 4.37. The van der Waals surface area contributed by atoms with E-state index in [-0.39, 0.29) is 11.3 Å². The molecule has 0 spiro atoms. The SMILES string of the molecule is Cc1ccc(S(=O)(=O)N2C(CS(=O)(=O)O)CCC2c2ccc(F)cc2)cc1. The highest BCUT2D eigenvalue weighted by Gasteiger charge is 2.44. The number of benzene rings is 2. The summed E-state index contributed by atoms with van der Waals surface area (Å²) in [6, 6.07) is 10.2. The molecule has 146 valence electrons. The molecule has 0 aromatic heterocycles. The molecule has 1 N–H and O–H groups in total. The highest BCUT2D eigenvalue weighted by molar-refractivity contribution is 7.89. The minimum atomic E-state index is -4.37. The second kappa shape index (κ2) is 7.31. The number of rotatable bonds is 5. The van der Waals surface area contributed by atoms with Gasteiger partial charge in [-0.05, 0) is 49.6 Å². The van der Waals surface area contributed by atoms with Gasteiger partial charge in [-0.1, -0.05) is 29.8 Å². The number of aryl methyl sites for hydroxylation is 1. The molecule has 2 aromatic rings. The maximum absolute atomic E-state index is 13.3. The van der Waals surface area contributed by atoms with Gasteiger partial charge in [0.2, 0.25) is 10.0 Å². The van der Waals surface area contributed by atoms with Gasteiger partial charge in [-0.2, -0.15) is 12.7 Å². The van der Waals surface area contributed by atoms with E-state index in [1.807, 2.05) is 6.92 Å². The van der Waals surface area contributed by atoms with Crippen LogP contribution in [-0.4, -0.2) is 37.5 Å². The van der Waals surface area contributed by atoms with Crippen molar-refractivity contribution in [3.05, 3.63) is 65.5 Å². The molecule has 1 aliphatic rings. The van der Waals surface area contributed by atoms with Crippen molar-refractivity contribution < 1.29 is 25.8 Å². The second-order valence-corrected chi connectivity index (χ2v) is 10.0. The second-order valence-electron chi connectivity index (χ2n) is 6.70. The molecule has 1 saturated heterocycles. The van der Waals surface area contributed by atoms with E-state index in [0.717, 1.165) is 9.87 Å². The van der Waals surface area contributed by atoms with E-state index in [4.69, 9.17) is 0 Å². The first-order chi connectivity index (χ1) is 12.6. The number of sulfonamides is 1. The molecule has 1 heterocycles. The molecule has 0 radical (unpaired) electrons. The topological polar surface area (TPSA) is 91.8 Å². The summed E-state index contributed by atoms with van der Waals surface area (Å²) < 4.78 is 73.0. The lowest BCUT2D eigenvalue weighted by Gasteiger charge is -2.29. The maximum Gasteiger partial charge on any atom is 0.266 e. The van der Waals surface area contributed by atoms with E-state index in [0.29, 0.717) is 12.0 Å². The van der Waals surface area contributed by atoms with E-state index in [2.05, 4.69) is 0 Å². The molecule has 1 fully saturated rings. The lowest BCUT2D eigenvalue weighted by molar-refractivity contribution is 0.336. The molecular weight excluding hydrogens is 393 g/mol. The van der Waals surface area contributed by atoms with Crippen LogP contribution in [0.4, 0.5) is 4.39 Å². The number of hydrogen-bond acceptors (Lipinski definition) is 4. The Hall–Kier alpha value is -1.81. The van der Waals surface area contributed by atoms with Gasteiger partial charge in [0.15, 0.2) is 0 Å². The first-order valence-corrected chi connectivity index (χ1v) is 11.4. The zero-order chi connectivity index (χ0) is 19.8. The zero-order valence-corrected chi connectivity index (χ0v) is 16.2. The monoisotopic (exact) mass is 413 g/mol. The van der Waals surface area contributed by atoms with Crippen molar-refractivity contribution in [2.75, 3.05) is 5.75 Å². The fraction of sp³-hybridized carbons (Fsp3) is 0.333. The Balaban J connectivity index is 2.07. The third-order valence-electron chi connectivity index (χ3n) is 4.69. The van der Waals surface area contributed by atoms with Crippen molar-refractivity contribution in [2.24, 2.45) is 0 Å². The van der Waals surface area contributed by atoms with Gasteiger partial charge in [-0.3, -0.25) is 4.55 Å². The number of halogens is 1. The summed E-state index contributed by atoms with van der Waals surface area (Å²) in [4.78, 5) is 0.0439. The van der Waals surface area contributed by atoms with Crippen molar-refractivity contribution in [2.45, 2.75) is 36.7 Å². The molecule has 6 nitrogen and oxygen atoms in total. The maximum atomic E-state index is 13.3. The zero-order valence-electron chi connectivity index (χ0n) is 14.6. The lowest BCUT2D eigenvalue weighted by Crippen LogP contribution is -2.41. The predicted octanol–water partition coefficient (Wildman–Crippen LogP) is 2.92. The third-order valence-corrected chi connectivity index (χ3v) is 7.48. The van der Waals surface area contributed by atoms with Crippen LogP contribution < -0.4 is 0 Å². The molecule has 2 unspecified atom stereocenters. The molecule has 27 heavy (non-hydrogen) atoms. The van der Waals surface area contributed by atoms with Crippen molar-refractivity contribution in [1.82, 2.24) is 4.31 Å². The average Bonchev–Trinajstić information content (AvgIpc) is 2.98. The summed E-state index contributed by atoms with van der Waals surface area (Å²) in [5.74, 6) is -1.13. The summed E-state index contributed by atoms with van der Waals surface area (Å²) in [6.45, 7) is 1.83. The fourth-order valence-electron chi connectivity index (χ4n) is 3.45. The Kier molecular flexibility index (Phi) is 5.40. The molecule has 0 saturated carbocycles. The van der Waals surface area contributed by atoms with Crippen LogP contribution >= 0.6 is 0 Å². The lowest BCUT2D eigenvalue weighted by atomic mass is 10.1. The van der Waals surface area contributed by atoms with Gasteiger partial charge in [-0.25, -0.2) is 12.8 Å². The van der Waals surface area contributed by atoms with Crippen LogP contribution in [0.25, 0.3) is 0 Å². The Bertz CT molecular complexity index is 1020. The normalized spacial score (nSPS) is 21.4. The van der Waals surface area contributed by atoms with E-state index >= 15 is 0 Å². The standard InChI is InChI=1S/C18H20FNO5S2/c1-13-2-9-17(10-3-13)27(24,25)20-16(12-26(21,22)23)8-11-18(20)14-4-6-15(19)7-5-14/h2-7,9-10,16,18H,8,11-12H2,1H3,(H,21,22,23).